The van der Waals surface area contributed by atoms with Gasteiger partial charge < -0.3 is 4.74 Å². The van der Waals surface area contributed by atoms with Crippen molar-refractivity contribution < 1.29 is 36.9 Å². The minimum Gasteiger partial charge on any atom is -0.451 e. The zero-order valence-corrected chi connectivity index (χ0v) is 18.9. The Balaban J connectivity index is 2.24. The first-order chi connectivity index (χ1) is 17.4. The molecule has 0 radical (unpaired) electrons. The van der Waals surface area contributed by atoms with Gasteiger partial charge in [-0.25, -0.2) is 18.5 Å². The number of rotatable bonds is 6. The molecule has 0 atom stereocenters. The maximum Gasteiger partial charge on any atom is 0.431 e. The van der Waals surface area contributed by atoms with Gasteiger partial charge in [-0.1, -0.05) is 12.1 Å². The molecule has 1 heterocycles. The van der Waals surface area contributed by atoms with Crippen LogP contribution < -0.4 is 20.9 Å². The number of nitriles is 2. The van der Waals surface area contributed by atoms with Crippen LogP contribution in [0, 0.1) is 28.5 Å². The number of carbonyl (C=O) groups is 1. The van der Waals surface area contributed by atoms with Crippen molar-refractivity contribution in [2.75, 3.05) is 0 Å². The third-order valence-corrected chi connectivity index (χ3v) is 4.81. The highest BCUT2D eigenvalue weighted by Crippen LogP contribution is 2.38. The molecule has 3 aromatic rings. The first-order valence-electron chi connectivity index (χ1n) is 10.0. The Hall–Kier alpha value is -5.11. The van der Waals surface area contributed by atoms with Crippen LogP contribution in [-0.4, -0.2) is 15.1 Å². The molecule has 190 valence electrons. The van der Waals surface area contributed by atoms with Gasteiger partial charge in [-0.15, -0.1) is 0 Å². The SMILES string of the molecule is CC(=O)OOc1cccc(CC#N)c1Oc1cc(-n2c(=O)cc(C(F)(F)F)n(C)c2=O)c(F)cc1C#N. The van der Waals surface area contributed by atoms with Gasteiger partial charge in [0.05, 0.1) is 23.7 Å². The Morgan fingerprint density at radius 1 is 1.11 bits per heavy atom. The quantitative estimate of drug-likeness (QED) is 0.276. The monoisotopic (exact) mass is 518 g/mol. The Morgan fingerprint density at radius 3 is 2.41 bits per heavy atom. The standard InChI is InChI=1S/C23H14F4N4O6/c1-12(32)36-37-17-5-3-4-13(6-7-28)21(17)35-18-9-16(15(24)8-14(18)11-29)31-20(33)10-19(23(25,26)27)30(2)22(31)34/h3-5,8-10H,6H2,1-2H3. The van der Waals surface area contributed by atoms with E-state index in [-0.39, 0.29) is 38.7 Å². The fourth-order valence-electron chi connectivity index (χ4n) is 3.19. The third-order valence-electron chi connectivity index (χ3n) is 4.81. The van der Waals surface area contributed by atoms with Crippen LogP contribution in [0.25, 0.3) is 5.69 Å². The van der Waals surface area contributed by atoms with E-state index in [1.165, 1.54) is 18.2 Å². The van der Waals surface area contributed by atoms with Crippen LogP contribution in [0.3, 0.4) is 0 Å². The zero-order chi connectivity index (χ0) is 27.5. The predicted octanol–water partition coefficient (Wildman–Crippen LogP) is 3.28. The number of carbonyl (C=O) groups excluding carboxylic acids is 1. The lowest BCUT2D eigenvalue weighted by Crippen LogP contribution is -2.41. The first kappa shape index (κ1) is 26.5. The normalized spacial score (nSPS) is 10.8. The summed E-state index contributed by atoms with van der Waals surface area (Å²) in [7, 11) is 0.747. The van der Waals surface area contributed by atoms with Gasteiger partial charge in [0, 0.05) is 31.7 Å². The fraction of sp³-hybridized carbons (Fsp3) is 0.174. The smallest absolute Gasteiger partial charge is 0.431 e. The molecule has 0 spiro atoms. The minimum absolute atomic E-state index is 0.118. The molecule has 14 heteroatoms. The first-order valence-corrected chi connectivity index (χ1v) is 10.0. The zero-order valence-electron chi connectivity index (χ0n) is 18.9. The van der Waals surface area contributed by atoms with Gasteiger partial charge in [0.25, 0.3) is 5.56 Å². The Morgan fingerprint density at radius 2 is 1.81 bits per heavy atom. The Bertz CT molecular complexity index is 1600. The van der Waals surface area contributed by atoms with Crippen LogP contribution in [0.15, 0.2) is 46.0 Å². The van der Waals surface area contributed by atoms with Crippen molar-refractivity contribution in [3.8, 4) is 35.1 Å². The van der Waals surface area contributed by atoms with E-state index in [2.05, 4.69) is 4.89 Å². The van der Waals surface area contributed by atoms with Crippen molar-refractivity contribution >= 4 is 5.97 Å². The summed E-state index contributed by atoms with van der Waals surface area (Å²) in [5, 5.41) is 18.6. The highest BCUT2D eigenvalue weighted by Gasteiger charge is 2.35. The van der Waals surface area contributed by atoms with Crippen molar-refractivity contribution in [3.63, 3.8) is 0 Å². The molecule has 0 fully saturated rings. The average molecular weight is 518 g/mol. The molecule has 0 saturated heterocycles. The van der Waals surface area contributed by atoms with Gasteiger partial charge >= 0.3 is 17.8 Å². The van der Waals surface area contributed by atoms with E-state index in [9.17, 15) is 37.2 Å². The van der Waals surface area contributed by atoms with E-state index < -0.39 is 51.9 Å². The minimum atomic E-state index is -5.04. The topological polar surface area (TPSA) is 136 Å². The molecule has 3 rings (SSSR count). The highest BCUT2D eigenvalue weighted by molar-refractivity contribution is 5.65. The van der Waals surface area contributed by atoms with E-state index in [1.807, 2.05) is 6.07 Å². The molecule has 2 aromatic carbocycles. The summed E-state index contributed by atoms with van der Waals surface area (Å²) in [6.07, 6.45) is -5.28. The lowest BCUT2D eigenvalue weighted by atomic mass is 10.1. The number of ether oxygens (including phenoxy) is 1. The summed E-state index contributed by atoms with van der Waals surface area (Å²) in [5.74, 6) is -3.03. The third kappa shape index (κ3) is 5.43. The second kappa shape index (κ2) is 10.2. The van der Waals surface area contributed by atoms with Crippen LogP contribution >= 0.6 is 0 Å². The molecule has 0 unspecified atom stereocenters. The second-order valence-corrected chi connectivity index (χ2v) is 7.29. The number of nitrogens with zero attached hydrogens (tertiary/aromatic N) is 4. The van der Waals surface area contributed by atoms with E-state index in [0.29, 0.717) is 6.07 Å². The Kier molecular flexibility index (Phi) is 7.34. The number of benzene rings is 2. The predicted molar refractivity (Wildman–Crippen MR) is 115 cm³/mol. The van der Waals surface area contributed by atoms with Gasteiger partial charge in [0.1, 0.15) is 23.3 Å². The number of alkyl halides is 3. The molecule has 0 aliphatic heterocycles. The summed E-state index contributed by atoms with van der Waals surface area (Å²) in [6, 6.07) is 9.15. The van der Waals surface area contributed by atoms with Crippen LogP contribution in [0.2, 0.25) is 0 Å². The van der Waals surface area contributed by atoms with E-state index >= 15 is 0 Å². The molecule has 37 heavy (non-hydrogen) atoms. The fourth-order valence-corrected chi connectivity index (χ4v) is 3.19. The maximum absolute atomic E-state index is 14.9. The maximum atomic E-state index is 14.9. The number of aromatic nitrogens is 2. The molecular formula is C23H14F4N4O6. The Labute approximate surface area is 204 Å². The largest absolute Gasteiger partial charge is 0.451 e. The molecule has 10 nitrogen and oxygen atoms in total. The van der Waals surface area contributed by atoms with Crippen LogP contribution in [-0.2, 0) is 29.3 Å². The second-order valence-electron chi connectivity index (χ2n) is 7.29. The number of para-hydroxylation sites is 1. The van der Waals surface area contributed by atoms with E-state index in [4.69, 9.17) is 14.9 Å². The van der Waals surface area contributed by atoms with E-state index in [1.54, 1.807) is 6.07 Å². The van der Waals surface area contributed by atoms with Crippen molar-refractivity contribution in [1.82, 2.24) is 9.13 Å². The van der Waals surface area contributed by atoms with Crippen LogP contribution in [0.5, 0.6) is 17.2 Å². The highest BCUT2D eigenvalue weighted by atomic mass is 19.4. The lowest BCUT2D eigenvalue weighted by molar-refractivity contribution is -0.211. The molecule has 0 N–H and O–H groups in total. The van der Waals surface area contributed by atoms with Gasteiger partial charge in [-0.05, 0) is 12.1 Å². The van der Waals surface area contributed by atoms with Crippen molar-refractivity contribution in [2.45, 2.75) is 19.5 Å². The molecule has 0 saturated carbocycles. The lowest BCUT2D eigenvalue weighted by Gasteiger charge is -2.17. The summed E-state index contributed by atoms with van der Waals surface area (Å²) < 4.78 is 60.4. The van der Waals surface area contributed by atoms with Gasteiger partial charge in [0.2, 0.25) is 5.75 Å². The molecular weight excluding hydrogens is 504 g/mol. The molecule has 0 aliphatic carbocycles. The van der Waals surface area contributed by atoms with Crippen LogP contribution in [0.4, 0.5) is 17.6 Å². The molecule has 0 amide bonds. The van der Waals surface area contributed by atoms with Gasteiger partial charge in [0.15, 0.2) is 5.75 Å². The summed E-state index contributed by atoms with van der Waals surface area (Å²) >= 11 is 0. The summed E-state index contributed by atoms with van der Waals surface area (Å²) in [5.41, 5.74) is -5.63. The molecule has 1 aromatic heterocycles. The summed E-state index contributed by atoms with van der Waals surface area (Å²) in [6.45, 7) is 1.04. The van der Waals surface area contributed by atoms with Crippen LogP contribution in [0.1, 0.15) is 23.7 Å². The summed E-state index contributed by atoms with van der Waals surface area (Å²) in [4.78, 5) is 45.6. The molecule has 0 aliphatic rings. The number of hydrogen-bond acceptors (Lipinski definition) is 8. The van der Waals surface area contributed by atoms with Gasteiger partial charge in [-0.2, -0.15) is 23.7 Å². The van der Waals surface area contributed by atoms with E-state index in [0.717, 1.165) is 20.0 Å². The van der Waals surface area contributed by atoms with Crippen molar-refractivity contribution in [3.05, 3.63) is 79.9 Å². The van der Waals surface area contributed by atoms with Gasteiger partial charge in [-0.3, -0.25) is 19.1 Å². The molecule has 0 bridgehead atoms. The van der Waals surface area contributed by atoms with Crippen molar-refractivity contribution in [1.29, 1.82) is 10.5 Å². The number of halogens is 4. The average Bonchev–Trinajstić information content (AvgIpc) is 2.82. The van der Waals surface area contributed by atoms with Crippen molar-refractivity contribution in [2.24, 2.45) is 7.05 Å². The number of hydrogen-bond donors (Lipinski definition) is 0.